The lowest BCUT2D eigenvalue weighted by Crippen LogP contribution is -2.25. The lowest BCUT2D eigenvalue weighted by Gasteiger charge is -2.26. The number of hydrogen-bond acceptors (Lipinski definition) is 1. The van der Waals surface area contributed by atoms with E-state index >= 15 is 0 Å². The molecule has 1 aliphatic carbocycles. The summed E-state index contributed by atoms with van der Waals surface area (Å²) >= 11 is 0. The third kappa shape index (κ3) is 8.33. The molecule has 0 heterocycles. The minimum absolute atomic E-state index is 1.04. The van der Waals surface area contributed by atoms with Gasteiger partial charge in [-0.2, -0.15) is 0 Å². The van der Waals surface area contributed by atoms with Gasteiger partial charge in [-0.25, -0.2) is 0 Å². The predicted octanol–water partition coefficient (Wildman–Crippen LogP) is 7.41. The van der Waals surface area contributed by atoms with E-state index in [4.69, 9.17) is 0 Å². The normalized spacial score (nSPS) is 13.3. The zero-order chi connectivity index (χ0) is 20.2. The number of benzene rings is 1. The number of allylic oxidation sites excluding steroid dienone is 6. The van der Waals surface area contributed by atoms with E-state index in [-0.39, 0.29) is 0 Å². The number of hydrogen-bond donors (Lipinski definition) is 0. The lowest BCUT2D eigenvalue weighted by atomic mass is 9.98. The maximum atomic E-state index is 4.32. The minimum atomic E-state index is 1.04. The van der Waals surface area contributed by atoms with Crippen LogP contribution in [0.1, 0.15) is 69.9 Å². The molecule has 0 saturated carbocycles. The molecule has 0 bridgehead atoms. The first-order chi connectivity index (χ1) is 13.6. The molecule has 28 heavy (non-hydrogen) atoms. The van der Waals surface area contributed by atoms with Gasteiger partial charge in [-0.05, 0) is 75.8 Å². The molecule has 0 unspecified atom stereocenters. The molecule has 0 amide bonds. The highest BCUT2D eigenvalue weighted by molar-refractivity contribution is 5.27. The van der Waals surface area contributed by atoms with Crippen molar-refractivity contribution in [3.63, 3.8) is 0 Å². The Labute approximate surface area is 173 Å². The Morgan fingerprint density at radius 1 is 0.929 bits per heavy atom. The average Bonchev–Trinajstić information content (AvgIpc) is 2.71. The maximum absolute atomic E-state index is 4.32. The molecule has 1 nitrogen and oxygen atoms in total. The van der Waals surface area contributed by atoms with Crippen LogP contribution in [0.3, 0.4) is 0 Å². The van der Waals surface area contributed by atoms with Crippen LogP contribution in [-0.4, -0.2) is 18.0 Å². The van der Waals surface area contributed by atoms with Crippen molar-refractivity contribution in [2.24, 2.45) is 0 Å². The smallest absolute Gasteiger partial charge is 0.0177 e. The van der Waals surface area contributed by atoms with Crippen molar-refractivity contribution in [1.82, 2.24) is 4.90 Å². The van der Waals surface area contributed by atoms with Gasteiger partial charge in [0.15, 0.2) is 0 Å². The predicted molar refractivity (Wildman–Crippen MR) is 125 cm³/mol. The van der Waals surface area contributed by atoms with E-state index < -0.39 is 0 Å². The molecule has 152 valence electrons. The highest BCUT2D eigenvalue weighted by Crippen LogP contribution is 2.18. The van der Waals surface area contributed by atoms with Gasteiger partial charge in [-0.3, -0.25) is 0 Å². The molecule has 0 atom stereocenters. The Bertz CT molecular complexity index is 675. The first kappa shape index (κ1) is 22.3. The summed E-state index contributed by atoms with van der Waals surface area (Å²) in [5.74, 6) is 0. The Hall–Kier alpha value is -2.02. The average molecular weight is 378 g/mol. The van der Waals surface area contributed by atoms with Gasteiger partial charge in [0.25, 0.3) is 0 Å². The summed E-state index contributed by atoms with van der Waals surface area (Å²) < 4.78 is 0. The summed E-state index contributed by atoms with van der Waals surface area (Å²) in [5, 5.41) is 0. The second-order valence-corrected chi connectivity index (χ2v) is 8.19. The van der Waals surface area contributed by atoms with E-state index in [1.165, 1.54) is 53.7 Å². The van der Waals surface area contributed by atoms with Crippen molar-refractivity contribution >= 4 is 0 Å². The van der Waals surface area contributed by atoms with Crippen molar-refractivity contribution in [3.8, 4) is 0 Å². The summed E-state index contributed by atoms with van der Waals surface area (Å²) in [6.45, 7) is 14.9. The number of nitrogens with zero attached hydrogens (tertiary/aromatic N) is 1. The van der Waals surface area contributed by atoms with E-state index in [2.05, 4.69) is 74.4 Å². The molecule has 0 radical (unpaired) electrons. The van der Waals surface area contributed by atoms with Crippen molar-refractivity contribution in [1.29, 1.82) is 0 Å². The van der Waals surface area contributed by atoms with Crippen molar-refractivity contribution in [2.45, 2.75) is 71.6 Å². The Kier molecular flexibility index (Phi) is 9.90. The Morgan fingerprint density at radius 2 is 1.64 bits per heavy atom. The van der Waals surface area contributed by atoms with Gasteiger partial charge in [-0.1, -0.05) is 67.1 Å². The van der Waals surface area contributed by atoms with E-state index in [1.807, 2.05) is 0 Å². The van der Waals surface area contributed by atoms with Crippen molar-refractivity contribution in [2.75, 3.05) is 13.1 Å². The first-order valence-corrected chi connectivity index (χ1v) is 11.1. The van der Waals surface area contributed by atoms with Crippen molar-refractivity contribution < 1.29 is 0 Å². The highest BCUT2D eigenvalue weighted by Gasteiger charge is 2.07. The van der Waals surface area contributed by atoms with Crippen LogP contribution in [0, 0.1) is 0 Å². The molecule has 1 heteroatoms. The van der Waals surface area contributed by atoms with Gasteiger partial charge in [-0.15, -0.1) is 6.58 Å². The van der Waals surface area contributed by atoms with Gasteiger partial charge in [0, 0.05) is 18.8 Å². The third-order valence-electron chi connectivity index (χ3n) is 5.47. The molecule has 2 rings (SSSR count). The molecule has 1 aliphatic rings. The summed E-state index contributed by atoms with van der Waals surface area (Å²) in [6.07, 6.45) is 17.3. The number of aryl methyl sites for hydroxylation is 2. The van der Waals surface area contributed by atoms with E-state index in [9.17, 15) is 0 Å². The van der Waals surface area contributed by atoms with Gasteiger partial charge in [0.05, 0.1) is 0 Å². The van der Waals surface area contributed by atoms with E-state index in [0.29, 0.717) is 0 Å². The highest BCUT2D eigenvalue weighted by atomic mass is 15.1. The molecule has 1 aromatic rings. The fourth-order valence-corrected chi connectivity index (χ4v) is 3.70. The monoisotopic (exact) mass is 377 g/mol. The van der Waals surface area contributed by atoms with Crippen LogP contribution in [0.2, 0.25) is 0 Å². The van der Waals surface area contributed by atoms with Gasteiger partial charge >= 0.3 is 0 Å². The summed E-state index contributed by atoms with van der Waals surface area (Å²) in [5.41, 5.74) is 6.91. The van der Waals surface area contributed by atoms with Crippen LogP contribution in [0.5, 0.6) is 0 Å². The van der Waals surface area contributed by atoms with Crippen LogP contribution in [0.15, 0.2) is 72.5 Å². The summed E-state index contributed by atoms with van der Waals surface area (Å²) in [4.78, 5) is 2.47. The number of rotatable bonds is 13. The molecule has 0 N–H and O–H groups in total. The topological polar surface area (TPSA) is 3.24 Å². The minimum Gasteiger partial charge on any atom is -0.375 e. The standard InChI is InChI=1S/C27H39N/c1-5-21-28(24(4)14-13-23(2)3)22-9-12-26-16-19-27(20-17-26)18-15-25-10-7-6-8-11-25/h7,10-11,16-17,19-20H,2,4-6,8-9,12-15,18,21-22H2,1,3H3. The third-order valence-corrected chi connectivity index (χ3v) is 5.47. The van der Waals surface area contributed by atoms with Gasteiger partial charge < -0.3 is 4.90 Å². The molecule has 0 aliphatic heterocycles. The molecule has 0 aromatic heterocycles. The zero-order valence-corrected chi connectivity index (χ0v) is 18.2. The second kappa shape index (κ2) is 12.4. The summed E-state index contributed by atoms with van der Waals surface area (Å²) in [6, 6.07) is 9.27. The van der Waals surface area contributed by atoms with Crippen LogP contribution < -0.4 is 0 Å². The SMILES string of the molecule is C=C(C)CCC(=C)N(CCC)CCCc1ccc(CCC2=CCCC=C2)cc1. The fourth-order valence-electron chi connectivity index (χ4n) is 3.70. The van der Waals surface area contributed by atoms with Crippen LogP contribution in [-0.2, 0) is 12.8 Å². The van der Waals surface area contributed by atoms with Crippen LogP contribution >= 0.6 is 0 Å². The second-order valence-electron chi connectivity index (χ2n) is 8.19. The molecule has 0 fully saturated rings. The molecule has 0 spiro atoms. The lowest BCUT2D eigenvalue weighted by molar-refractivity contribution is 0.329. The Balaban J connectivity index is 1.74. The fraction of sp³-hybridized carbons (Fsp3) is 0.481. The molecular formula is C27H39N. The largest absolute Gasteiger partial charge is 0.375 e. The van der Waals surface area contributed by atoms with E-state index in [1.54, 1.807) is 0 Å². The van der Waals surface area contributed by atoms with Gasteiger partial charge in [0.1, 0.15) is 0 Å². The Morgan fingerprint density at radius 3 is 2.25 bits per heavy atom. The molecular weight excluding hydrogens is 338 g/mol. The molecule has 1 aromatic carbocycles. The van der Waals surface area contributed by atoms with Crippen molar-refractivity contribution in [3.05, 3.63) is 83.6 Å². The zero-order valence-electron chi connectivity index (χ0n) is 18.2. The summed E-state index contributed by atoms with van der Waals surface area (Å²) in [7, 11) is 0. The van der Waals surface area contributed by atoms with Gasteiger partial charge in [0.2, 0.25) is 0 Å². The van der Waals surface area contributed by atoms with Crippen LogP contribution in [0.25, 0.3) is 0 Å². The maximum Gasteiger partial charge on any atom is 0.0177 e. The quantitative estimate of drug-likeness (QED) is 0.323. The molecule has 0 saturated heterocycles. The first-order valence-electron chi connectivity index (χ1n) is 11.1. The van der Waals surface area contributed by atoms with E-state index in [0.717, 1.165) is 45.2 Å². The van der Waals surface area contributed by atoms with Crippen LogP contribution in [0.4, 0.5) is 0 Å².